The van der Waals surface area contributed by atoms with Gasteiger partial charge >= 0.3 is 0 Å². The first kappa shape index (κ1) is 23.9. The van der Waals surface area contributed by atoms with Crippen molar-refractivity contribution in [3.8, 4) is 0 Å². The molecule has 0 unspecified atom stereocenters. The van der Waals surface area contributed by atoms with E-state index in [1.165, 1.54) is 30.3 Å². The van der Waals surface area contributed by atoms with Crippen molar-refractivity contribution >= 4 is 62.7 Å². The van der Waals surface area contributed by atoms with Crippen molar-refractivity contribution < 1.29 is 38.9 Å². The minimum absolute atomic E-state index is 0. The summed E-state index contributed by atoms with van der Waals surface area (Å²) < 4.78 is 99.3. The second-order valence-electron chi connectivity index (χ2n) is 6.11. The summed E-state index contributed by atoms with van der Waals surface area (Å²) in [5.74, 6) is 0. The van der Waals surface area contributed by atoms with Gasteiger partial charge in [-0.25, -0.2) is 0 Å². The van der Waals surface area contributed by atoms with Crippen molar-refractivity contribution in [3.05, 3.63) is 42.5 Å². The van der Waals surface area contributed by atoms with Gasteiger partial charge in [0.1, 0.15) is 14.7 Å². The molecule has 0 atom stereocenters. The lowest BCUT2D eigenvalue weighted by atomic mass is 9.94. The van der Waals surface area contributed by atoms with Crippen LogP contribution in [0.4, 0.5) is 0 Å². The van der Waals surface area contributed by atoms with Crippen LogP contribution in [0.2, 0.25) is 0 Å². The van der Waals surface area contributed by atoms with E-state index in [1.807, 2.05) is 0 Å². The average molecular weight is 476 g/mol. The molecule has 0 aliphatic rings. The van der Waals surface area contributed by atoms with Gasteiger partial charge in [-0.3, -0.25) is 13.7 Å². The van der Waals surface area contributed by atoms with Gasteiger partial charge in [0.25, 0.3) is 30.4 Å². The molecule has 30 heavy (non-hydrogen) atoms. The van der Waals surface area contributed by atoms with Crippen LogP contribution in [-0.4, -0.2) is 38.9 Å². The average Bonchev–Trinajstić information content (AvgIpc) is 2.55. The molecule has 4 aromatic rings. The number of hydrogen-bond acceptors (Lipinski definition) is 7. The van der Waals surface area contributed by atoms with E-state index in [0.29, 0.717) is 11.5 Å². The molecule has 0 amide bonds. The van der Waals surface area contributed by atoms with Crippen LogP contribution in [0, 0.1) is 0 Å². The summed E-state index contributed by atoms with van der Waals surface area (Å²) in [5, 5.41) is 0.455. The topological polar surface area (TPSA) is 198 Å². The van der Waals surface area contributed by atoms with Crippen molar-refractivity contribution in [2.75, 3.05) is 0 Å². The molecule has 0 saturated carbocycles. The van der Waals surface area contributed by atoms with Crippen LogP contribution in [0.15, 0.2) is 57.2 Å². The molecular formula is C17H17NO9S3. The summed E-state index contributed by atoms with van der Waals surface area (Å²) in [6.07, 6.45) is 0. The van der Waals surface area contributed by atoms with E-state index in [-0.39, 0.29) is 40.5 Å². The Bertz CT molecular complexity index is 1570. The highest BCUT2D eigenvalue weighted by molar-refractivity contribution is 7.87. The van der Waals surface area contributed by atoms with Crippen molar-refractivity contribution in [1.29, 1.82) is 0 Å². The van der Waals surface area contributed by atoms with E-state index in [4.69, 9.17) is 0 Å². The summed E-state index contributed by atoms with van der Waals surface area (Å²) >= 11 is 0. The fraction of sp³-hybridized carbons (Fsp3) is 0.0588. The molecule has 0 heterocycles. The monoisotopic (exact) mass is 475 g/mol. The molecular weight excluding hydrogens is 458 g/mol. The summed E-state index contributed by atoms with van der Waals surface area (Å²) in [5.41, 5.74) is 0. The first-order valence-electron chi connectivity index (χ1n) is 7.47. The largest absolute Gasteiger partial charge is 0.344 e. The van der Waals surface area contributed by atoms with Crippen molar-refractivity contribution in [1.82, 2.24) is 6.15 Å². The second kappa shape index (κ2) is 7.09. The zero-order valence-electron chi connectivity index (χ0n) is 14.3. The van der Waals surface area contributed by atoms with Crippen LogP contribution < -0.4 is 6.15 Å². The first-order valence-corrected chi connectivity index (χ1v) is 11.8. The standard InChI is InChI=1S/C16H10O9S3.CH4.H3N/c17-26(18,19)12-6-2-8-1-3-10-13(27(20,21)22)7-14(28(23,24)25)11-5-4-9(12)15(8)16(10)11;;/h1-7H,(H,17,18,19)(H,20,21,22)(H,23,24,25);1H4;1H3. The molecule has 162 valence electrons. The van der Waals surface area contributed by atoms with E-state index in [9.17, 15) is 38.9 Å². The minimum atomic E-state index is -4.89. The molecule has 0 fully saturated rings. The molecule has 6 N–H and O–H groups in total. The van der Waals surface area contributed by atoms with E-state index in [2.05, 4.69) is 0 Å². The molecule has 0 aromatic heterocycles. The lowest BCUT2D eigenvalue weighted by Crippen LogP contribution is -2.06. The van der Waals surface area contributed by atoms with Gasteiger partial charge < -0.3 is 6.15 Å². The maximum absolute atomic E-state index is 11.8. The highest BCUT2D eigenvalue weighted by Crippen LogP contribution is 2.41. The van der Waals surface area contributed by atoms with Crippen LogP contribution in [0.1, 0.15) is 7.43 Å². The van der Waals surface area contributed by atoms with Gasteiger partial charge in [-0.15, -0.1) is 0 Å². The third-order valence-corrected chi connectivity index (χ3v) is 7.20. The van der Waals surface area contributed by atoms with Crippen LogP contribution in [0.25, 0.3) is 32.3 Å². The molecule has 0 saturated heterocycles. The smallest absolute Gasteiger partial charge is 0.295 e. The normalized spacial score (nSPS) is 12.8. The van der Waals surface area contributed by atoms with Crippen LogP contribution >= 0.6 is 0 Å². The zero-order valence-corrected chi connectivity index (χ0v) is 16.7. The Labute approximate surface area is 172 Å². The quantitative estimate of drug-likeness (QED) is 0.252. The highest BCUT2D eigenvalue weighted by Gasteiger charge is 2.26. The Morgan fingerprint density at radius 3 is 1.33 bits per heavy atom. The predicted octanol–water partition coefficient (Wildman–Crippen LogP) is 3.12. The molecule has 0 aliphatic carbocycles. The Morgan fingerprint density at radius 1 is 0.533 bits per heavy atom. The minimum Gasteiger partial charge on any atom is -0.344 e. The van der Waals surface area contributed by atoms with Gasteiger partial charge in [-0.1, -0.05) is 37.8 Å². The van der Waals surface area contributed by atoms with Crippen molar-refractivity contribution in [2.24, 2.45) is 0 Å². The van der Waals surface area contributed by atoms with Crippen LogP contribution in [0.5, 0.6) is 0 Å². The third kappa shape index (κ3) is 3.50. The van der Waals surface area contributed by atoms with E-state index < -0.39 is 45.0 Å². The summed E-state index contributed by atoms with van der Waals surface area (Å²) in [6.45, 7) is 0. The Morgan fingerprint density at radius 2 is 0.900 bits per heavy atom. The molecule has 0 bridgehead atoms. The summed E-state index contributed by atoms with van der Waals surface area (Å²) in [4.78, 5) is -1.99. The Kier molecular flexibility index (Phi) is 5.65. The molecule has 4 rings (SSSR count). The van der Waals surface area contributed by atoms with Crippen molar-refractivity contribution in [2.45, 2.75) is 22.1 Å². The lowest BCUT2D eigenvalue weighted by molar-refractivity contribution is 0.480. The first-order chi connectivity index (χ1) is 12.8. The van der Waals surface area contributed by atoms with E-state index in [1.54, 1.807) is 0 Å². The maximum Gasteiger partial charge on any atom is 0.295 e. The van der Waals surface area contributed by atoms with Gasteiger partial charge in [-0.05, 0) is 22.9 Å². The summed E-state index contributed by atoms with van der Waals surface area (Å²) in [6, 6.07) is 8.37. The molecule has 0 radical (unpaired) electrons. The van der Waals surface area contributed by atoms with Gasteiger partial charge in [-0.2, -0.15) is 25.3 Å². The van der Waals surface area contributed by atoms with Gasteiger partial charge in [0.15, 0.2) is 0 Å². The Balaban J connectivity index is 0.00000160. The third-order valence-electron chi connectivity index (χ3n) is 4.50. The van der Waals surface area contributed by atoms with Crippen LogP contribution in [-0.2, 0) is 30.4 Å². The molecule has 0 aliphatic heterocycles. The maximum atomic E-state index is 11.8. The van der Waals surface area contributed by atoms with Gasteiger partial charge in [0, 0.05) is 21.5 Å². The van der Waals surface area contributed by atoms with Gasteiger partial charge in [0.05, 0.1) is 0 Å². The second-order valence-corrected chi connectivity index (χ2v) is 10.3. The highest BCUT2D eigenvalue weighted by atomic mass is 32.2. The zero-order chi connectivity index (χ0) is 20.6. The van der Waals surface area contributed by atoms with Crippen molar-refractivity contribution in [3.63, 3.8) is 0 Å². The number of hydrogen-bond donors (Lipinski definition) is 4. The number of benzene rings is 4. The van der Waals surface area contributed by atoms with Crippen LogP contribution in [0.3, 0.4) is 0 Å². The SMILES string of the molecule is C.N.O=S(=O)(O)c1ccc2ccc3c(S(=O)(=O)O)cc(S(=O)(=O)O)c4ccc1c2c34. The van der Waals surface area contributed by atoms with E-state index >= 15 is 0 Å². The molecule has 4 aromatic carbocycles. The van der Waals surface area contributed by atoms with E-state index in [0.717, 1.165) is 6.07 Å². The summed E-state index contributed by atoms with van der Waals surface area (Å²) in [7, 11) is -14.4. The molecule has 13 heteroatoms. The fourth-order valence-electron chi connectivity index (χ4n) is 3.46. The molecule has 0 spiro atoms. The Hall–Kier alpha value is -2.39. The molecule has 10 nitrogen and oxygen atoms in total. The number of rotatable bonds is 3. The van der Waals surface area contributed by atoms with Gasteiger partial charge in [0.2, 0.25) is 0 Å². The predicted molar refractivity (Wildman–Crippen MR) is 111 cm³/mol. The lowest BCUT2D eigenvalue weighted by Gasteiger charge is -2.16. The fourth-order valence-corrected chi connectivity index (χ4v) is 5.65.